The van der Waals surface area contributed by atoms with Crippen LogP contribution in [0.2, 0.25) is 0 Å². The van der Waals surface area contributed by atoms with Gasteiger partial charge in [-0.1, -0.05) is 36.0 Å². The first-order chi connectivity index (χ1) is 14.2. The summed E-state index contributed by atoms with van der Waals surface area (Å²) in [4.78, 5) is 22.2. The van der Waals surface area contributed by atoms with Crippen LogP contribution in [-0.2, 0) is 0 Å². The van der Waals surface area contributed by atoms with Crippen molar-refractivity contribution < 1.29 is 4.42 Å². The van der Waals surface area contributed by atoms with Crippen molar-refractivity contribution in [2.75, 3.05) is 0 Å². The maximum Gasteiger partial charge on any atom is 0.277 e. The Morgan fingerprint density at radius 2 is 1.97 bits per heavy atom. The molecule has 0 saturated heterocycles. The third-order valence-electron chi connectivity index (χ3n) is 4.34. The largest absolute Gasteiger partial charge is 0.411 e. The van der Waals surface area contributed by atoms with E-state index in [-0.39, 0.29) is 10.8 Å². The van der Waals surface area contributed by atoms with Crippen molar-refractivity contribution in [3.8, 4) is 21.9 Å². The van der Waals surface area contributed by atoms with Gasteiger partial charge in [0.1, 0.15) is 10.7 Å². The minimum Gasteiger partial charge on any atom is -0.411 e. The predicted octanol–water partition coefficient (Wildman–Crippen LogP) is 5.62. The number of nitrogens with one attached hydrogen (secondary N) is 1. The summed E-state index contributed by atoms with van der Waals surface area (Å²) >= 11 is 4.46. The molecule has 0 aliphatic carbocycles. The van der Waals surface area contributed by atoms with Crippen LogP contribution in [0.3, 0.4) is 0 Å². The number of nitrogens with zero attached hydrogens (tertiary/aromatic N) is 3. The lowest BCUT2D eigenvalue weighted by atomic mass is 10.2. The van der Waals surface area contributed by atoms with Crippen LogP contribution >= 0.6 is 34.4 Å². The Kier molecular flexibility index (Phi) is 4.78. The zero-order chi connectivity index (χ0) is 19.8. The smallest absolute Gasteiger partial charge is 0.277 e. The highest BCUT2D eigenvalue weighted by molar-refractivity contribution is 7.99. The molecule has 1 unspecified atom stereocenters. The van der Waals surface area contributed by atoms with E-state index >= 15 is 0 Å². The Morgan fingerprint density at radius 3 is 2.76 bits per heavy atom. The van der Waals surface area contributed by atoms with Crippen LogP contribution in [0.25, 0.3) is 32.1 Å². The molecule has 0 fully saturated rings. The van der Waals surface area contributed by atoms with Gasteiger partial charge in [-0.3, -0.25) is 4.79 Å². The Labute approximate surface area is 177 Å². The molecule has 1 aromatic carbocycles. The number of aromatic nitrogens is 4. The van der Waals surface area contributed by atoms with Crippen molar-refractivity contribution in [1.82, 2.24) is 20.2 Å². The number of H-pyrrole nitrogens is 1. The molecule has 4 heterocycles. The molecule has 5 rings (SSSR count). The fraction of sp³-hybridized carbons (Fsp3) is 0.100. The molecule has 9 heteroatoms. The molecule has 0 aliphatic heterocycles. The predicted molar refractivity (Wildman–Crippen MR) is 118 cm³/mol. The van der Waals surface area contributed by atoms with E-state index in [2.05, 4.69) is 20.2 Å². The van der Waals surface area contributed by atoms with Crippen molar-refractivity contribution in [1.29, 1.82) is 0 Å². The average Bonchev–Trinajstić information content (AvgIpc) is 3.49. The van der Waals surface area contributed by atoms with E-state index < -0.39 is 0 Å². The molecule has 0 saturated carbocycles. The van der Waals surface area contributed by atoms with Crippen LogP contribution in [0.4, 0.5) is 0 Å². The molecule has 144 valence electrons. The monoisotopic (exact) mass is 438 g/mol. The molecule has 0 amide bonds. The second kappa shape index (κ2) is 7.58. The van der Waals surface area contributed by atoms with Crippen molar-refractivity contribution in [2.45, 2.75) is 17.4 Å². The van der Waals surface area contributed by atoms with Crippen LogP contribution in [-0.4, -0.2) is 20.2 Å². The van der Waals surface area contributed by atoms with E-state index in [1.54, 1.807) is 11.3 Å². The Bertz CT molecular complexity index is 1320. The molecule has 5 aromatic rings. The van der Waals surface area contributed by atoms with Gasteiger partial charge in [-0.2, -0.15) is 0 Å². The lowest BCUT2D eigenvalue weighted by Crippen LogP contribution is -2.12. The summed E-state index contributed by atoms with van der Waals surface area (Å²) in [6.07, 6.45) is 0. The van der Waals surface area contributed by atoms with Gasteiger partial charge in [0.15, 0.2) is 0 Å². The molecular weight excluding hydrogens is 424 g/mol. The molecule has 0 bridgehead atoms. The molecule has 1 atom stereocenters. The lowest BCUT2D eigenvalue weighted by molar-refractivity contribution is 0.465. The molecule has 0 radical (unpaired) electrons. The maximum atomic E-state index is 12.8. The topological polar surface area (TPSA) is 84.7 Å². The third kappa shape index (κ3) is 3.52. The van der Waals surface area contributed by atoms with Crippen molar-refractivity contribution >= 4 is 44.7 Å². The van der Waals surface area contributed by atoms with E-state index in [1.165, 1.54) is 23.1 Å². The number of benzene rings is 1. The number of thioether (sulfide) groups is 1. The van der Waals surface area contributed by atoms with E-state index in [4.69, 9.17) is 4.42 Å². The summed E-state index contributed by atoms with van der Waals surface area (Å²) in [5.74, 6) is 1.06. The second-order valence-electron chi connectivity index (χ2n) is 6.26. The number of thiophene rings is 2. The quantitative estimate of drug-likeness (QED) is 0.359. The fourth-order valence-corrected chi connectivity index (χ4v) is 5.44. The standard InChI is InChI=1S/C20H14N4O2S3/c1-11(29-20-24-23-18(26-20)12-6-3-2-4-7-12)16-21-17(25)15-13(10-28-19(15)22-16)14-8-5-9-27-14/h2-11H,1H3,(H,21,22,25). The van der Waals surface area contributed by atoms with Crippen molar-refractivity contribution in [3.63, 3.8) is 0 Å². The highest BCUT2D eigenvalue weighted by atomic mass is 32.2. The van der Waals surface area contributed by atoms with Gasteiger partial charge in [-0.25, -0.2) is 4.98 Å². The summed E-state index contributed by atoms with van der Waals surface area (Å²) in [7, 11) is 0. The SMILES string of the molecule is CC(Sc1nnc(-c2ccccc2)o1)c1nc2scc(-c3cccs3)c2c(=O)[nH]1. The van der Waals surface area contributed by atoms with Gasteiger partial charge in [-0.15, -0.1) is 32.9 Å². The van der Waals surface area contributed by atoms with Gasteiger partial charge in [0.25, 0.3) is 10.8 Å². The summed E-state index contributed by atoms with van der Waals surface area (Å²) in [5, 5.41) is 13.1. The van der Waals surface area contributed by atoms with Crippen molar-refractivity contribution in [2.24, 2.45) is 0 Å². The highest BCUT2D eigenvalue weighted by Crippen LogP contribution is 2.36. The van der Waals surface area contributed by atoms with E-state index in [9.17, 15) is 4.79 Å². The number of hydrogen-bond donors (Lipinski definition) is 1. The van der Waals surface area contributed by atoms with Gasteiger partial charge in [0.05, 0.1) is 10.6 Å². The summed E-state index contributed by atoms with van der Waals surface area (Å²) in [6.45, 7) is 1.95. The van der Waals surface area contributed by atoms with Gasteiger partial charge in [0, 0.05) is 21.4 Å². The Balaban J connectivity index is 1.42. The summed E-state index contributed by atoms with van der Waals surface area (Å²) < 4.78 is 5.76. The zero-order valence-corrected chi connectivity index (χ0v) is 17.6. The van der Waals surface area contributed by atoms with Crippen LogP contribution in [0.15, 0.2) is 67.7 Å². The van der Waals surface area contributed by atoms with E-state index in [0.29, 0.717) is 22.3 Å². The highest BCUT2D eigenvalue weighted by Gasteiger charge is 2.19. The van der Waals surface area contributed by atoms with Crippen LogP contribution in [0.1, 0.15) is 18.0 Å². The number of aromatic amines is 1. The van der Waals surface area contributed by atoms with Crippen LogP contribution < -0.4 is 5.56 Å². The first kappa shape index (κ1) is 18.3. The van der Waals surface area contributed by atoms with E-state index in [0.717, 1.165) is 20.8 Å². The molecule has 4 aromatic heterocycles. The van der Waals surface area contributed by atoms with Gasteiger partial charge < -0.3 is 9.40 Å². The Morgan fingerprint density at radius 1 is 1.10 bits per heavy atom. The molecule has 1 N–H and O–H groups in total. The number of hydrogen-bond acceptors (Lipinski definition) is 8. The Hall–Kier alpha value is -2.75. The second-order valence-corrected chi connectivity index (χ2v) is 9.36. The molecule has 29 heavy (non-hydrogen) atoms. The number of rotatable bonds is 5. The fourth-order valence-electron chi connectivity index (χ4n) is 2.93. The average molecular weight is 439 g/mol. The first-order valence-electron chi connectivity index (χ1n) is 8.80. The van der Waals surface area contributed by atoms with Gasteiger partial charge >= 0.3 is 0 Å². The van der Waals surface area contributed by atoms with Crippen LogP contribution in [0, 0.1) is 0 Å². The molecule has 0 aliphatic rings. The zero-order valence-electron chi connectivity index (χ0n) is 15.2. The van der Waals surface area contributed by atoms with Crippen LogP contribution in [0.5, 0.6) is 0 Å². The summed E-state index contributed by atoms with van der Waals surface area (Å²) in [5.41, 5.74) is 1.68. The van der Waals surface area contributed by atoms with Crippen molar-refractivity contribution in [3.05, 3.63) is 69.4 Å². The van der Waals surface area contributed by atoms with Gasteiger partial charge in [0.2, 0.25) is 5.89 Å². The van der Waals surface area contributed by atoms with Gasteiger partial charge in [-0.05, 0) is 30.5 Å². The molecular formula is C20H14N4O2S3. The maximum absolute atomic E-state index is 12.8. The minimum absolute atomic E-state index is 0.127. The lowest BCUT2D eigenvalue weighted by Gasteiger charge is -2.07. The molecule has 0 spiro atoms. The van der Waals surface area contributed by atoms with E-state index in [1.807, 2.05) is 60.1 Å². The molecule has 6 nitrogen and oxygen atoms in total. The number of fused-ring (bicyclic) bond motifs is 1. The summed E-state index contributed by atoms with van der Waals surface area (Å²) in [6, 6.07) is 13.6. The first-order valence-corrected chi connectivity index (χ1v) is 11.4. The third-order valence-corrected chi connectivity index (χ3v) is 7.06. The normalized spacial score (nSPS) is 12.4. The minimum atomic E-state index is -0.150.